The van der Waals surface area contributed by atoms with Crippen LogP contribution in [0.5, 0.6) is 0 Å². The van der Waals surface area contributed by atoms with Gasteiger partial charge in [0.05, 0.1) is 10.4 Å². The van der Waals surface area contributed by atoms with Crippen molar-refractivity contribution in [3.05, 3.63) is 26.4 Å². The Morgan fingerprint density at radius 2 is 2.20 bits per heavy atom. The zero-order valence-corrected chi connectivity index (χ0v) is 14.6. The molecule has 2 rings (SSSR count). The number of rotatable bonds is 7. The first-order valence-corrected chi connectivity index (χ1v) is 9.06. The van der Waals surface area contributed by atoms with E-state index >= 15 is 0 Å². The lowest BCUT2D eigenvalue weighted by Gasteiger charge is -2.25. The van der Waals surface area contributed by atoms with E-state index in [2.05, 4.69) is 39.5 Å². The van der Waals surface area contributed by atoms with Gasteiger partial charge in [-0.25, -0.2) is 0 Å². The molecule has 0 spiro atoms. The first-order valence-electron chi connectivity index (χ1n) is 7.45. The van der Waals surface area contributed by atoms with Crippen molar-refractivity contribution in [1.29, 1.82) is 0 Å². The Hall–Kier alpha value is -0.160. The maximum Gasteiger partial charge on any atom is 0.0704 e. The third-order valence-electron chi connectivity index (χ3n) is 3.86. The summed E-state index contributed by atoms with van der Waals surface area (Å²) < 4.78 is 6.31. The van der Waals surface area contributed by atoms with Crippen molar-refractivity contribution in [2.45, 2.75) is 32.1 Å². The van der Waals surface area contributed by atoms with E-state index in [1.807, 2.05) is 11.3 Å². The number of methoxy groups -OCH3 is 1. The van der Waals surface area contributed by atoms with Gasteiger partial charge in [0.1, 0.15) is 0 Å². The highest BCUT2D eigenvalue weighted by Gasteiger charge is 2.17. The average molecular weight is 358 g/mol. The second-order valence-electron chi connectivity index (χ2n) is 5.37. The molecule has 1 heterocycles. The summed E-state index contributed by atoms with van der Waals surface area (Å²) in [6, 6.07) is 4.33. The number of nitrogens with one attached hydrogen (secondary N) is 1. The summed E-state index contributed by atoms with van der Waals surface area (Å²) in [6.07, 6.45) is 9.27. The first-order chi connectivity index (χ1) is 9.79. The second kappa shape index (κ2) is 8.98. The molecule has 0 aliphatic heterocycles. The van der Waals surface area contributed by atoms with Crippen molar-refractivity contribution in [3.63, 3.8) is 0 Å². The van der Waals surface area contributed by atoms with Gasteiger partial charge in [-0.05, 0) is 52.9 Å². The minimum absolute atomic E-state index is 0.764. The van der Waals surface area contributed by atoms with Crippen LogP contribution in [0, 0.1) is 5.92 Å². The van der Waals surface area contributed by atoms with Gasteiger partial charge < -0.3 is 10.1 Å². The number of hydrogen-bond acceptors (Lipinski definition) is 3. The molecular weight excluding hydrogens is 334 g/mol. The Bertz CT molecular complexity index is 424. The number of hydrogen-bond donors (Lipinski definition) is 1. The zero-order valence-electron chi connectivity index (χ0n) is 12.2. The summed E-state index contributed by atoms with van der Waals surface area (Å²) >= 11 is 5.36. The summed E-state index contributed by atoms with van der Waals surface area (Å²) in [5.41, 5.74) is 1.56. The molecule has 1 fully saturated rings. The topological polar surface area (TPSA) is 21.3 Å². The van der Waals surface area contributed by atoms with Crippen LogP contribution in [0.25, 0.3) is 6.08 Å². The fraction of sp³-hybridized carbons (Fsp3) is 0.625. The first kappa shape index (κ1) is 16.2. The number of halogens is 1. The van der Waals surface area contributed by atoms with Gasteiger partial charge in [-0.15, -0.1) is 11.3 Å². The lowest BCUT2D eigenvalue weighted by molar-refractivity contribution is 0.200. The Kier molecular flexibility index (Phi) is 7.28. The maximum atomic E-state index is 5.10. The Morgan fingerprint density at radius 1 is 1.40 bits per heavy atom. The summed E-state index contributed by atoms with van der Waals surface area (Å²) in [5, 5.41) is 3.51. The van der Waals surface area contributed by atoms with Crippen LogP contribution in [0.1, 0.15) is 37.0 Å². The lowest BCUT2D eigenvalue weighted by Crippen LogP contribution is -2.25. The highest BCUT2D eigenvalue weighted by Crippen LogP contribution is 2.32. The SMILES string of the molecule is COCCNC/C(=C/c1ccc(Br)s1)C1CCCCC1. The predicted molar refractivity (Wildman–Crippen MR) is 91.3 cm³/mol. The van der Waals surface area contributed by atoms with E-state index in [9.17, 15) is 0 Å². The minimum atomic E-state index is 0.764. The maximum absolute atomic E-state index is 5.10. The van der Waals surface area contributed by atoms with E-state index in [-0.39, 0.29) is 0 Å². The summed E-state index contributed by atoms with van der Waals surface area (Å²) in [4.78, 5) is 1.35. The second-order valence-corrected chi connectivity index (χ2v) is 7.86. The molecule has 1 saturated carbocycles. The Morgan fingerprint density at radius 3 is 2.85 bits per heavy atom. The smallest absolute Gasteiger partial charge is 0.0704 e. The van der Waals surface area contributed by atoms with E-state index in [0.717, 1.165) is 25.6 Å². The molecule has 1 aromatic heterocycles. The van der Waals surface area contributed by atoms with Crippen LogP contribution < -0.4 is 5.32 Å². The van der Waals surface area contributed by atoms with Gasteiger partial charge in [-0.1, -0.05) is 24.8 Å². The molecule has 1 aliphatic carbocycles. The van der Waals surface area contributed by atoms with E-state index in [0.29, 0.717) is 0 Å². The van der Waals surface area contributed by atoms with Crippen molar-refractivity contribution in [3.8, 4) is 0 Å². The van der Waals surface area contributed by atoms with Crippen molar-refractivity contribution in [2.24, 2.45) is 5.92 Å². The molecule has 0 unspecified atom stereocenters. The zero-order chi connectivity index (χ0) is 14.2. The van der Waals surface area contributed by atoms with E-state index in [1.165, 1.54) is 40.8 Å². The summed E-state index contributed by atoms with van der Waals surface area (Å²) in [5.74, 6) is 0.764. The van der Waals surface area contributed by atoms with Crippen molar-refractivity contribution in [2.75, 3.05) is 26.8 Å². The molecule has 1 aromatic rings. The molecule has 20 heavy (non-hydrogen) atoms. The van der Waals surface area contributed by atoms with E-state index < -0.39 is 0 Å². The molecule has 1 N–H and O–H groups in total. The lowest BCUT2D eigenvalue weighted by atomic mass is 9.83. The number of ether oxygens (including phenoxy) is 1. The molecular formula is C16H24BrNOS. The van der Waals surface area contributed by atoms with Crippen LogP contribution in [0.15, 0.2) is 21.5 Å². The molecule has 4 heteroatoms. The van der Waals surface area contributed by atoms with Gasteiger partial charge in [0.2, 0.25) is 0 Å². The van der Waals surface area contributed by atoms with Crippen LogP contribution in [0.4, 0.5) is 0 Å². The monoisotopic (exact) mass is 357 g/mol. The van der Waals surface area contributed by atoms with Crippen LogP contribution in [0.3, 0.4) is 0 Å². The highest BCUT2D eigenvalue weighted by molar-refractivity contribution is 9.11. The van der Waals surface area contributed by atoms with Crippen molar-refractivity contribution < 1.29 is 4.74 Å². The van der Waals surface area contributed by atoms with Crippen molar-refractivity contribution >= 4 is 33.3 Å². The average Bonchev–Trinajstić information content (AvgIpc) is 2.88. The molecule has 2 nitrogen and oxygen atoms in total. The van der Waals surface area contributed by atoms with Gasteiger partial charge in [0, 0.05) is 25.1 Å². The van der Waals surface area contributed by atoms with Crippen LogP contribution >= 0.6 is 27.3 Å². The molecule has 0 radical (unpaired) electrons. The summed E-state index contributed by atoms with van der Waals surface area (Å²) in [7, 11) is 1.75. The van der Waals surface area contributed by atoms with Crippen LogP contribution in [0.2, 0.25) is 0 Å². The number of thiophene rings is 1. The van der Waals surface area contributed by atoms with Crippen molar-refractivity contribution in [1.82, 2.24) is 5.32 Å². The quantitative estimate of drug-likeness (QED) is 0.713. The van der Waals surface area contributed by atoms with Gasteiger partial charge >= 0.3 is 0 Å². The Labute approximate surface area is 134 Å². The van der Waals surface area contributed by atoms with Gasteiger partial charge in [0.15, 0.2) is 0 Å². The predicted octanol–water partition coefficient (Wildman–Crippen LogP) is 4.71. The normalized spacial score (nSPS) is 17.6. The highest BCUT2D eigenvalue weighted by atomic mass is 79.9. The molecule has 0 aromatic carbocycles. The fourth-order valence-electron chi connectivity index (χ4n) is 2.78. The molecule has 0 atom stereocenters. The Balaban J connectivity index is 2.00. The fourth-order valence-corrected chi connectivity index (χ4v) is 4.18. The van der Waals surface area contributed by atoms with E-state index in [1.54, 1.807) is 12.7 Å². The molecule has 112 valence electrons. The van der Waals surface area contributed by atoms with Gasteiger partial charge in [-0.2, -0.15) is 0 Å². The standard InChI is InChI=1S/C16H24BrNOS/c1-19-10-9-18-12-14(13-5-3-2-4-6-13)11-15-7-8-16(17)20-15/h7-8,11,13,18H,2-6,9-10,12H2,1H3/b14-11-. The summed E-state index contributed by atoms with van der Waals surface area (Å²) in [6.45, 7) is 2.70. The molecule has 0 amide bonds. The molecule has 0 bridgehead atoms. The largest absolute Gasteiger partial charge is 0.383 e. The third-order valence-corrected chi connectivity index (χ3v) is 5.43. The third kappa shape index (κ3) is 5.32. The molecule has 1 aliphatic rings. The van der Waals surface area contributed by atoms with Crippen LogP contribution in [-0.4, -0.2) is 26.8 Å². The van der Waals surface area contributed by atoms with Gasteiger partial charge in [-0.3, -0.25) is 0 Å². The van der Waals surface area contributed by atoms with Gasteiger partial charge in [0.25, 0.3) is 0 Å². The van der Waals surface area contributed by atoms with E-state index in [4.69, 9.17) is 4.74 Å². The van der Waals surface area contributed by atoms with Crippen LogP contribution in [-0.2, 0) is 4.74 Å². The minimum Gasteiger partial charge on any atom is -0.383 e. The molecule has 0 saturated heterocycles.